The van der Waals surface area contributed by atoms with E-state index in [1.165, 1.54) is 4.57 Å². The van der Waals surface area contributed by atoms with Crippen LogP contribution in [0.2, 0.25) is 5.02 Å². The summed E-state index contributed by atoms with van der Waals surface area (Å²) in [4.78, 5) is 13.0. The van der Waals surface area contributed by atoms with E-state index in [1.54, 1.807) is 36.0 Å². The molecular formula is C17H19ClN4O2. The average Bonchev–Trinajstić information content (AvgIpc) is 2.93. The van der Waals surface area contributed by atoms with Crippen molar-refractivity contribution >= 4 is 22.4 Å². The quantitative estimate of drug-likeness (QED) is 0.758. The second kappa shape index (κ2) is 6.39. The standard InChI is InChI=1S/C17H19ClN4O2/c1-10(23)9-21-7-6-15(20-21)22-14(11(2)19)8-12-4-3-5-13(18)16(12)17(22)24/h3-8,10-11,23H,9,19H2,1-2H3. The van der Waals surface area contributed by atoms with Gasteiger partial charge in [-0.3, -0.25) is 14.0 Å². The van der Waals surface area contributed by atoms with Crippen LogP contribution >= 0.6 is 11.6 Å². The van der Waals surface area contributed by atoms with E-state index in [4.69, 9.17) is 17.3 Å². The number of nitrogens with zero attached hydrogens (tertiary/aromatic N) is 3. The molecule has 0 fully saturated rings. The summed E-state index contributed by atoms with van der Waals surface area (Å²) in [7, 11) is 0. The van der Waals surface area contributed by atoms with E-state index in [0.717, 1.165) is 5.39 Å². The Labute approximate surface area is 144 Å². The first kappa shape index (κ1) is 16.7. The predicted molar refractivity (Wildman–Crippen MR) is 94.6 cm³/mol. The first-order valence-corrected chi connectivity index (χ1v) is 8.08. The van der Waals surface area contributed by atoms with E-state index in [1.807, 2.05) is 19.1 Å². The lowest BCUT2D eigenvalue weighted by Crippen LogP contribution is -2.26. The molecule has 0 saturated heterocycles. The molecule has 2 atom stereocenters. The van der Waals surface area contributed by atoms with Gasteiger partial charge in [-0.15, -0.1) is 0 Å². The summed E-state index contributed by atoms with van der Waals surface area (Å²) in [5.74, 6) is 0.453. The largest absolute Gasteiger partial charge is 0.391 e. The van der Waals surface area contributed by atoms with Crippen molar-refractivity contribution in [3.63, 3.8) is 0 Å². The Bertz CT molecular complexity index is 943. The highest BCUT2D eigenvalue weighted by Crippen LogP contribution is 2.24. The van der Waals surface area contributed by atoms with Gasteiger partial charge >= 0.3 is 0 Å². The topological polar surface area (TPSA) is 86.1 Å². The lowest BCUT2D eigenvalue weighted by molar-refractivity contribution is 0.168. The van der Waals surface area contributed by atoms with Gasteiger partial charge in [-0.1, -0.05) is 23.7 Å². The Morgan fingerprint density at radius 2 is 2.08 bits per heavy atom. The molecule has 0 saturated carbocycles. The summed E-state index contributed by atoms with van der Waals surface area (Å²) in [6.07, 6.45) is 1.18. The Balaban J connectivity index is 2.27. The maximum Gasteiger partial charge on any atom is 0.265 e. The van der Waals surface area contributed by atoms with Crippen molar-refractivity contribution in [1.82, 2.24) is 14.3 Å². The highest BCUT2D eigenvalue weighted by atomic mass is 35.5. The smallest absolute Gasteiger partial charge is 0.265 e. The van der Waals surface area contributed by atoms with Crippen LogP contribution in [0.15, 0.2) is 41.3 Å². The molecule has 0 amide bonds. The average molecular weight is 347 g/mol. The van der Waals surface area contributed by atoms with Gasteiger partial charge in [-0.25, -0.2) is 0 Å². The number of halogens is 1. The summed E-state index contributed by atoms with van der Waals surface area (Å²) in [6, 6.07) is 8.55. The van der Waals surface area contributed by atoms with Crippen LogP contribution in [0.3, 0.4) is 0 Å². The molecule has 2 aromatic heterocycles. The summed E-state index contributed by atoms with van der Waals surface area (Å²) < 4.78 is 3.08. The van der Waals surface area contributed by atoms with E-state index in [9.17, 15) is 9.90 Å². The molecular weight excluding hydrogens is 328 g/mol. The molecule has 0 aliphatic rings. The molecule has 0 radical (unpaired) electrons. The molecule has 2 unspecified atom stereocenters. The van der Waals surface area contributed by atoms with E-state index in [2.05, 4.69) is 5.10 Å². The molecule has 6 nitrogen and oxygen atoms in total. The normalized spacial score (nSPS) is 14.0. The number of pyridine rings is 1. The van der Waals surface area contributed by atoms with Crippen molar-refractivity contribution in [3.8, 4) is 5.82 Å². The summed E-state index contributed by atoms with van der Waals surface area (Å²) in [5, 5.41) is 15.5. The van der Waals surface area contributed by atoms with Gasteiger partial charge in [0, 0.05) is 24.0 Å². The molecule has 0 bridgehead atoms. The van der Waals surface area contributed by atoms with Crippen LogP contribution < -0.4 is 11.3 Å². The van der Waals surface area contributed by atoms with Crippen LogP contribution in [0.1, 0.15) is 25.6 Å². The van der Waals surface area contributed by atoms with Crippen molar-refractivity contribution in [2.45, 2.75) is 32.5 Å². The number of aromatic nitrogens is 3. The summed E-state index contributed by atoms with van der Waals surface area (Å²) in [6.45, 7) is 3.84. The fourth-order valence-corrected chi connectivity index (χ4v) is 3.02. The third kappa shape index (κ3) is 2.96. The van der Waals surface area contributed by atoms with E-state index in [0.29, 0.717) is 28.5 Å². The van der Waals surface area contributed by atoms with Gasteiger partial charge in [0.2, 0.25) is 0 Å². The minimum atomic E-state index is -0.534. The molecule has 0 aliphatic carbocycles. The van der Waals surface area contributed by atoms with Crippen molar-refractivity contribution in [3.05, 3.63) is 57.6 Å². The van der Waals surface area contributed by atoms with E-state index >= 15 is 0 Å². The van der Waals surface area contributed by atoms with E-state index < -0.39 is 6.10 Å². The number of fused-ring (bicyclic) bond motifs is 1. The second-order valence-corrected chi connectivity index (χ2v) is 6.35. The SMILES string of the molecule is CC(O)Cn1ccc(-n2c(C(C)N)cc3cccc(Cl)c3c2=O)n1. The van der Waals surface area contributed by atoms with Crippen molar-refractivity contribution in [2.75, 3.05) is 0 Å². The number of hydrogen-bond acceptors (Lipinski definition) is 4. The fraction of sp³-hybridized carbons (Fsp3) is 0.294. The highest BCUT2D eigenvalue weighted by molar-refractivity contribution is 6.35. The molecule has 0 aliphatic heterocycles. The number of hydrogen-bond donors (Lipinski definition) is 2. The Kier molecular flexibility index (Phi) is 4.45. The number of aliphatic hydroxyl groups excluding tert-OH is 1. The van der Waals surface area contributed by atoms with Crippen LogP contribution in [-0.2, 0) is 6.54 Å². The number of aliphatic hydroxyl groups is 1. The van der Waals surface area contributed by atoms with Crippen molar-refractivity contribution in [1.29, 1.82) is 0 Å². The molecule has 3 N–H and O–H groups in total. The van der Waals surface area contributed by atoms with Gasteiger partial charge in [-0.05, 0) is 31.4 Å². The van der Waals surface area contributed by atoms with E-state index in [-0.39, 0.29) is 11.6 Å². The van der Waals surface area contributed by atoms with Gasteiger partial charge in [0.05, 0.1) is 23.1 Å². The van der Waals surface area contributed by atoms with Crippen LogP contribution in [0.5, 0.6) is 0 Å². The molecule has 126 valence electrons. The molecule has 2 heterocycles. The van der Waals surface area contributed by atoms with Gasteiger partial charge in [0.15, 0.2) is 5.82 Å². The highest BCUT2D eigenvalue weighted by Gasteiger charge is 2.17. The Morgan fingerprint density at radius 1 is 1.33 bits per heavy atom. The molecule has 1 aromatic carbocycles. The molecule has 24 heavy (non-hydrogen) atoms. The molecule has 7 heteroatoms. The second-order valence-electron chi connectivity index (χ2n) is 5.95. The van der Waals surface area contributed by atoms with Crippen molar-refractivity contribution < 1.29 is 5.11 Å². The van der Waals surface area contributed by atoms with Crippen LogP contribution in [0, 0.1) is 0 Å². The third-order valence-electron chi connectivity index (χ3n) is 3.80. The summed E-state index contributed by atoms with van der Waals surface area (Å²) >= 11 is 6.22. The Hall–Kier alpha value is -2.15. The molecule has 3 rings (SSSR count). The number of nitrogens with two attached hydrogens (primary N) is 1. The van der Waals surface area contributed by atoms with Gasteiger partial charge in [0.25, 0.3) is 5.56 Å². The third-order valence-corrected chi connectivity index (χ3v) is 4.11. The first-order valence-electron chi connectivity index (χ1n) is 7.70. The predicted octanol–water partition coefficient (Wildman–Crippen LogP) is 2.24. The van der Waals surface area contributed by atoms with Gasteiger partial charge < -0.3 is 10.8 Å². The minimum Gasteiger partial charge on any atom is -0.391 e. The maximum atomic E-state index is 13.0. The minimum absolute atomic E-state index is 0.257. The Morgan fingerprint density at radius 3 is 2.75 bits per heavy atom. The maximum absolute atomic E-state index is 13.0. The lowest BCUT2D eigenvalue weighted by Gasteiger charge is -2.15. The van der Waals surface area contributed by atoms with Crippen LogP contribution in [0.4, 0.5) is 0 Å². The lowest BCUT2D eigenvalue weighted by atomic mass is 10.1. The summed E-state index contributed by atoms with van der Waals surface area (Å²) in [5.41, 5.74) is 6.46. The monoisotopic (exact) mass is 346 g/mol. The van der Waals surface area contributed by atoms with Gasteiger partial charge in [-0.2, -0.15) is 5.10 Å². The van der Waals surface area contributed by atoms with Gasteiger partial charge in [0.1, 0.15) is 0 Å². The fourth-order valence-electron chi connectivity index (χ4n) is 2.75. The van der Waals surface area contributed by atoms with Crippen LogP contribution in [0.25, 0.3) is 16.6 Å². The molecule has 3 aromatic rings. The zero-order chi connectivity index (χ0) is 17.4. The number of benzene rings is 1. The van der Waals surface area contributed by atoms with Crippen LogP contribution in [-0.4, -0.2) is 25.6 Å². The molecule has 0 spiro atoms. The zero-order valence-electron chi connectivity index (χ0n) is 13.5. The zero-order valence-corrected chi connectivity index (χ0v) is 14.2. The number of rotatable bonds is 4. The van der Waals surface area contributed by atoms with Crippen molar-refractivity contribution in [2.24, 2.45) is 5.73 Å². The first-order chi connectivity index (χ1) is 11.4.